The third kappa shape index (κ3) is 4.61. The topological polar surface area (TPSA) is 89.0 Å². The van der Waals surface area contributed by atoms with Crippen LogP contribution >= 0.6 is 11.8 Å². The van der Waals surface area contributed by atoms with Gasteiger partial charge in [0.15, 0.2) is 5.16 Å². The number of amides is 1. The number of aromatic nitrogens is 3. The molecule has 2 N–H and O–H groups in total. The molecule has 1 aromatic heterocycles. The first-order valence-electron chi connectivity index (χ1n) is 7.66. The molecule has 0 saturated carbocycles. The molecular weight excluding hydrogens is 304 g/mol. The van der Waals surface area contributed by atoms with E-state index in [0.717, 1.165) is 19.4 Å². The van der Waals surface area contributed by atoms with E-state index in [2.05, 4.69) is 29.4 Å². The molecule has 1 aromatic rings. The lowest BCUT2D eigenvalue weighted by molar-refractivity contribution is -0.119. The Morgan fingerprint density at radius 2 is 2.32 bits per heavy atom. The third-order valence-electron chi connectivity index (χ3n) is 3.85. The predicted octanol–water partition coefficient (Wildman–Crippen LogP) is 1.00. The summed E-state index contributed by atoms with van der Waals surface area (Å²) in [6.07, 6.45) is 2.04. The number of thioether (sulfide) groups is 1. The Labute approximate surface area is 134 Å². The Morgan fingerprint density at radius 1 is 1.55 bits per heavy atom. The number of carbonyl (C=O) groups excluding carboxylic acids is 1. The van der Waals surface area contributed by atoms with Crippen LogP contribution in [0.1, 0.15) is 33.6 Å². The molecule has 0 bridgehead atoms. The highest BCUT2D eigenvalue weighted by Crippen LogP contribution is 2.18. The van der Waals surface area contributed by atoms with Gasteiger partial charge in [0.2, 0.25) is 5.91 Å². The lowest BCUT2D eigenvalue weighted by Crippen LogP contribution is -2.37. The number of nitrogens with zero attached hydrogens (tertiary/aromatic N) is 2. The number of carbonyl (C=O) groups is 1. The first-order chi connectivity index (χ1) is 10.5. The van der Waals surface area contributed by atoms with Crippen molar-refractivity contribution in [3.63, 3.8) is 0 Å². The summed E-state index contributed by atoms with van der Waals surface area (Å²) in [5.74, 6) is 0.578. The molecule has 8 heteroatoms. The summed E-state index contributed by atoms with van der Waals surface area (Å²) >= 11 is 1.27. The van der Waals surface area contributed by atoms with Crippen molar-refractivity contribution in [2.75, 3.05) is 12.4 Å². The molecule has 1 aliphatic rings. The lowest BCUT2D eigenvalue weighted by Gasteiger charge is -2.17. The normalized spacial score (nSPS) is 19.5. The Bertz CT molecular complexity index is 549. The monoisotopic (exact) mass is 328 g/mol. The van der Waals surface area contributed by atoms with Crippen LogP contribution in [0.2, 0.25) is 0 Å². The van der Waals surface area contributed by atoms with Crippen molar-refractivity contribution in [1.82, 2.24) is 20.1 Å². The van der Waals surface area contributed by atoms with Gasteiger partial charge in [0.05, 0.1) is 18.4 Å². The summed E-state index contributed by atoms with van der Waals surface area (Å²) in [5.41, 5.74) is -0.256. The minimum Gasteiger partial charge on any atom is -0.376 e. The van der Waals surface area contributed by atoms with Crippen LogP contribution in [-0.4, -0.2) is 45.2 Å². The van der Waals surface area contributed by atoms with E-state index in [1.807, 2.05) is 6.92 Å². The van der Waals surface area contributed by atoms with Crippen LogP contribution in [0, 0.1) is 5.92 Å². The van der Waals surface area contributed by atoms with Gasteiger partial charge in [-0.15, -0.1) is 5.10 Å². The van der Waals surface area contributed by atoms with Crippen LogP contribution in [0.15, 0.2) is 9.95 Å². The van der Waals surface area contributed by atoms with Gasteiger partial charge in [0.25, 0.3) is 0 Å². The van der Waals surface area contributed by atoms with E-state index < -0.39 is 0 Å². The quantitative estimate of drug-likeness (QED) is 0.729. The summed E-state index contributed by atoms with van der Waals surface area (Å²) < 4.78 is 7.11. The zero-order valence-corrected chi connectivity index (χ0v) is 14.1. The van der Waals surface area contributed by atoms with Crippen LogP contribution in [0.5, 0.6) is 0 Å². The maximum atomic E-state index is 11.9. The molecule has 2 heterocycles. The molecule has 0 aromatic carbocycles. The molecule has 0 spiro atoms. The molecule has 7 nitrogen and oxygen atoms in total. The molecule has 2 atom stereocenters. The molecule has 1 aliphatic heterocycles. The molecule has 0 aliphatic carbocycles. The SMILES string of the molecule is CC(C)C(C)NC(=O)CSc1n[nH]c(=O)n1CC1CCCO1. The van der Waals surface area contributed by atoms with Crippen molar-refractivity contribution in [2.45, 2.75) is 57.5 Å². The van der Waals surface area contributed by atoms with Crippen LogP contribution in [0.3, 0.4) is 0 Å². The highest BCUT2D eigenvalue weighted by atomic mass is 32.2. The number of hydrogen-bond donors (Lipinski definition) is 2. The Kier molecular flexibility index (Phi) is 6.07. The van der Waals surface area contributed by atoms with Crippen LogP contribution in [0.25, 0.3) is 0 Å². The van der Waals surface area contributed by atoms with E-state index in [1.54, 1.807) is 4.57 Å². The van der Waals surface area contributed by atoms with Crippen molar-refractivity contribution in [2.24, 2.45) is 5.92 Å². The summed E-state index contributed by atoms with van der Waals surface area (Å²) in [6, 6.07) is 0.126. The average molecular weight is 328 g/mol. The molecule has 2 unspecified atom stereocenters. The van der Waals surface area contributed by atoms with E-state index in [0.29, 0.717) is 17.6 Å². The molecule has 0 radical (unpaired) electrons. The van der Waals surface area contributed by atoms with Gasteiger partial charge in [-0.1, -0.05) is 25.6 Å². The maximum Gasteiger partial charge on any atom is 0.344 e. The second kappa shape index (κ2) is 7.82. The largest absolute Gasteiger partial charge is 0.376 e. The zero-order valence-electron chi connectivity index (χ0n) is 13.3. The van der Waals surface area contributed by atoms with Gasteiger partial charge in [-0.2, -0.15) is 0 Å². The highest BCUT2D eigenvalue weighted by molar-refractivity contribution is 7.99. The first kappa shape index (κ1) is 17.1. The molecular formula is C14H24N4O3S. The number of hydrogen-bond acceptors (Lipinski definition) is 5. The average Bonchev–Trinajstić information content (AvgIpc) is 3.09. The van der Waals surface area contributed by atoms with Gasteiger partial charge in [-0.05, 0) is 25.7 Å². The predicted molar refractivity (Wildman–Crippen MR) is 85.0 cm³/mol. The van der Waals surface area contributed by atoms with E-state index in [4.69, 9.17) is 4.74 Å². The van der Waals surface area contributed by atoms with E-state index in [1.165, 1.54) is 11.8 Å². The molecule has 22 heavy (non-hydrogen) atoms. The minimum absolute atomic E-state index is 0.0506. The second-order valence-electron chi connectivity index (χ2n) is 5.95. The van der Waals surface area contributed by atoms with Crippen LogP contribution < -0.4 is 11.0 Å². The fourth-order valence-corrected chi connectivity index (χ4v) is 2.93. The van der Waals surface area contributed by atoms with Crippen molar-refractivity contribution in [3.05, 3.63) is 10.5 Å². The smallest absolute Gasteiger partial charge is 0.344 e. The number of rotatable bonds is 7. The van der Waals surface area contributed by atoms with Gasteiger partial charge in [0.1, 0.15) is 0 Å². The molecule has 2 rings (SSSR count). The van der Waals surface area contributed by atoms with E-state index in [-0.39, 0.29) is 29.5 Å². The first-order valence-corrected chi connectivity index (χ1v) is 8.65. The fourth-order valence-electron chi connectivity index (χ4n) is 2.16. The Hall–Kier alpha value is -1.28. The van der Waals surface area contributed by atoms with Crippen molar-refractivity contribution >= 4 is 17.7 Å². The van der Waals surface area contributed by atoms with E-state index in [9.17, 15) is 9.59 Å². The van der Waals surface area contributed by atoms with Gasteiger partial charge in [-0.25, -0.2) is 9.89 Å². The van der Waals surface area contributed by atoms with E-state index >= 15 is 0 Å². The number of H-pyrrole nitrogens is 1. The van der Waals surface area contributed by atoms with Gasteiger partial charge >= 0.3 is 5.69 Å². The van der Waals surface area contributed by atoms with Crippen LogP contribution in [-0.2, 0) is 16.1 Å². The number of ether oxygens (including phenoxy) is 1. The van der Waals surface area contributed by atoms with Gasteiger partial charge < -0.3 is 10.1 Å². The second-order valence-corrected chi connectivity index (χ2v) is 6.89. The van der Waals surface area contributed by atoms with Crippen molar-refractivity contribution in [1.29, 1.82) is 0 Å². The zero-order chi connectivity index (χ0) is 16.1. The minimum atomic E-state index is -0.256. The Morgan fingerprint density at radius 3 is 2.95 bits per heavy atom. The van der Waals surface area contributed by atoms with Crippen molar-refractivity contribution in [3.8, 4) is 0 Å². The van der Waals surface area contributed by atoms with Gasteiger partial charge in [0, 0.05) is 12.6 Å². The highest BCUT2D eigenvalue weighted by Gasteiger charge is 2.20. The number of aromatic amines is 1. The maximum absolute atomic E-state index is 11.9. The summed E-state index contributed by atoms with van der Waals surface area (Å²) in [4.78, 5) is 23.7. The lowest BCUT2D eigenvalue weighted by atomic mass is 10.1. The third-order valence-corrected chi connectivity index (χ3v) is 4.83. The fraction of sp³-hybridized carbons (Fsp3) is 0.786. The molecule has 1 saturated heterocycles. The van der Waals surface area contributed by atoms with Crippen molar-refractivity contribution < 1.29 is 9.53 Å². The van der Waals surface area contributed by atoms with Crippen LogP contribution in [0.4, 0.5) is 0 Å². The summed E-state index contributed by atoms with van der Waals surface area (Å²) in [6.45, 7) is 7.34. The number of nitrogens with one attached hydrogen (secondary N) is 2. The summed E-state index contributed by atoms with van der Waals surface area (Å²) in [5, 5.41) is 9.91. The Balaban J connectivity index is 1.90. The molecule has 124 valence electrons. The molecule has 1 fully saturated rings. The summed E-state index contributed by atoms with van der Waals surface area (Å²) in [7, 11) is 0. The standard InChI is InChI=1S/C14H24N4O3S/c1-9(2)10(3)15-12(19)8-22-14-17-16-13(20)18(14)7-11-5-4-6-21-11/h9-11H,4-8H2,1-3H3,(H,15,19)(H,16,20). The molecule has 1 amide bonds. The van der Waals surface area contributed by atoms with Gasteiger partial charge in [-0.3, -0.25) is 9.36 Å².